The van der Waals surface area contributed by atoms with Crippen LogP contribution in [0.1, 0.15) is 39.6 Å². The van der Waals surface area contributed by atoms with Gasteiger partial charge in [0.05, 0.1) is 24.9 Å². The van der Waals surface area contributed by atoms with Crippen LogP contribution in [0.4, 0.5) is 4.39 Å². The minimum Gasteiger partial charge on any atom is -0.494 e. The van der Waals surface area contributed by atoms with Gasteiger partial charge in [-0.25, -0.2) is 14.6 Å². The molecule has 2 N–H and O–H groups in total. The Morgan fingerprint density at radius 3 is 2.39 bits per heavy atom. The molecule has 36 heavy (non-hydrogen) atoms. The molecule has 0 heterocycles. The number of amides is 2. The normalized spacial score (nSPS) is 10.6. The average molecular weight is 556 g/mol. The maximum Gasteiger partial charge on any atom is 0.343 e. The third kappa shape index (κ3) is 8.02. The smallest absolute Gasteiger partial charge is 0.343 e. The molecule has 0 aliphatic heterocycles. The molecular weight excluding hydrogens is 533 g/mol. The van der Waals surface area contributed by atoms with Gasteiger partial charge >= 0.3 is 5.97 Å². The summed E-state index contributed by atoms with van der Waals surface area (Å²) in [4.78, 5) is 36.6. The Balaban J connectivity index is 1.57. The van der Waals surface area contributed by atoms with Crippen LogP contribution in [0.5, 0.6) is 11.5 Å². The summed E-state index contributed by atoms with van der Waals surface area (Å²) in [7, 11) is 0. The highest BCUT2D eigenvalue weighted by molar-refractivity contribution is 9.10. The number of hydrogen-bond donors (Lipinski definition) is 2. The number of nitrogens with one attached hydrogen (secondary N) is 2. The van der Waals surface area contributed by atoms with Crippen molar-refractivity contribution in [2.24, 2.45) is 5.10 Å². The van der Waals surface area contributed by atoms with Crippen LogP contribution in [0.25, 0.3) is 0 Å². The van der Waals surface area contributed by atoms with Gasteiger partial charge in [-0.15, -0.1) is 0 Å². The van der Waals surface area contributed by atoms with Gasteiger partial charge in [0.15, 0.2) is 0 Å². The zero-order valence-electron chi connectivity index (χ0n) is 19.3. The molecule has 3 aromatic rings. The van der Waals surface area contributed by atoms with Gasteiger partial charge in [0.1, 0.15) is 17.3 Å². The van der Waals surface area contributed by atoms with Gasteiger partial charge in [0, 0.05) is 15.6 Å². The molecule has 0 saturated heterocycles. The molecule has 0 atom stereocenters. The zero-order valence-corrected chi connectivity index (χ0v) is 20.9. The Morgan fingerprint density at radius 1 is 1.00 bits per heavy atom. The van der Waals surface area contributed by atoms with E-state index in [1.807, 2.05) is 6.92 Å². The second-order valence-corrected chi connectivity index (χ2v) is 8.34. The van der Waals surface area contributed by atoms with Crippen molar-refractivity contribution in [1.82, 2.24) is 10.7 Å². The summed E-state index contributed by atoms with van der Waals surface area (Å²) in [5.41, 5.74) is 3.28. The van der Waals surface area contributed by atoms with Gasteiger partial charge in [-0.05, 0) is 73.2 Å². The summed E-state index contributed by atoms with van der Waals surface area (Å²) in [5, 5.41) is 6.29. The molecule has 0 radical (unpaired) electrons. The number of nitrogens with zero attached hydrogens (tertiary/aromatic N) is 1. The topological polar surface area (TPSA) is 106 Å². The highest BCUT2D eigenvalue weighted by Crippen LogP contribution is 2.23. The Hall–Kier alpha value is -4.05. The van der Waals surface area contributed by atoms with Crippen LogP contribution in [0.2, 0.25) is 0 Å². The molecular formula is C26H23BrFN3O5. The molecule has 186 valence electrons. The minimum absolute atomic E-state index is 0.219. The molecule has 0 aliphatic carbocycles. The number of esters is 1. The largest absolute Gasteiger partial charge is 0.494 e. The number of halogens is 2. The predicted octanol–water partition coefficient (Wildman–Crippen LogP) is 4.48. The van der Waals surface area contributed by atoms with Crippen molar-refractivity contribution in [3.63, 3.8) is 0 Å². The van der Waals surface area contributed by atoms with Crippen LogP contribution in [0.3, 0.4) is 0 Å². The van der Waals surface area contributed by atoms with Crippen LogP contribution in [-0.2, 0) is 4.79 Å². The van der Waals surface area contributed by atoms with E-state index in [-0.39, 0.29) is 17.9 Å². The van der Waals surface area contributed by atoms with Gasteiger partial charge in [-0.1, -0.05) is 22.9 Å². The lowest BCUT2D eigenvalue weighted by Gasteiger charge is -2.09. The first-order valence-electron chi connectivity index (χ1n) is 11.0. The maximum atomic E-state index is 13.0. The van der Waals surface area contributed by atoms with E-state index >= 15 is 0 Å². The van der Waals surface area contributed by atoms with Crippen LogP contribution < -0.4 is 20.2 Å². The number of hydrazone groups is 1. The summed E-state index contributed by atoms with van der Waals surface area (Å²) in [6.45, 7) is 2.25. The van der Waals surface area contributed by atoms with E-state index in [1.54, 1.807) is 42.5 Å². The monoisotopic (exact) mass is 555 g/mol. The van der Waals surface area contributed by atoms with E-state index in [0.717, 1.165) is 18.6 Å². The fourth-order valence-electron chi connectivity index (χ4n) is 2.86. The second-order valence-electron chi connectivity index (χ2n) is 7.43. The third-order valence-electron chi connectivity index (χ3n) is 4.65. The van der Waals surface area contributed by atoms with E-state index in [0.29, 0.717) is 28.0 Å². The summed E-state index contributed by atoms with van der Waals surface area (Å²) < 4.78 is 24.7. The zero-order chi connectivity index (χ0) is 25.9. The van der Waals surface area contributed by atoms with Crippen molar-refractivity contribution in [3.05, 3.63) is 93.7 Å². The van der Waals surface area contributed by atoms with Gasteiger partial charge in [0.2, 0.25) is 0 Å². The number of rotatable bonds is 10. The molecule has 3 rings (SSSR count). The first-order valence-corrected chi connectivity index (χ1v) is 11.7. The van der Waals surface area contributed by atoms with Crippen LogP contribution in [0, 0.1) is 5.82 Å². The predicted molar refractivity (Wildman–Crippen MR) is 136 cm³/mol. The molecule has 0 saturated carbocycles. The van der Waals surface area contributed by atoms with Crippen LogP contribution in [-0.4, -0.2) is 37.1 Å². The first kappa shape index (κ1) is 26.6. The summed E-state index contributed by atoms with van der Waals surface area (Å²) in [5.74, 6) is -1.25. The van der Waals surface area contributed by atoms with Gasteiger partial charge in [0.25, 0.3) is 11.8 Å². The molecule has 0 spiro atoms. The lowest BCUT2D eigenvalue weighted by Crippen LogP contribution is -2.34. The van der Waals surface area contributed by atoms with Crippen molar-refractivity contribution in [1.29, 1.82) is 0 Å². The van der Waals surface area contributed by atoms with E-state index in [2.05, 4.69) is 31.8 Å². The molecule has 0 aliphatic rings. The summed E-state index contributed by atoms with van der Waals surface area (Å²) >= 11 is 3.35. The number of ether oxygens (including phenoxy) is 2. The van der Waals surface area contributed by atoms with Gasteiger partial charge < -0.3 is 14.8 Å². The molecule has 8 nitrogen and oxygen atoms in total. The number of carbonyl (C=O) groups is 3. The van der Waals surface area contributed by atoms with Crippen molar-refractivity contribution < 1.29 is 28.2 Å². The van der Waals surface area contributed by atoms with Crippen molar-refractivity contribution in [2.75, 3.05) is 13.2 Å². The fourth-order valence-corrected chi connectivity index (χ4v) is 3.24. The van der Waals surface area contributed by atoms with Gasteiger partial charge in [-0.2, -0.15) is 5.10 Å². The molecule has 0 fully saturated rings. The van der Waals surface area contributed by atoms with E-state index < -0.39 is 23.6 Å². The molecule has 0 unspecified atom stereocenters. The molecule has 0 bridgehead atoms. The highest BCUT2D eigenvalue weighted by Gasteiger charge is 2.12. The Morgan fingerprint density at radius 2 is 1.69 bits per heavy atom. The molecule has 0 aromatic heterocycles. The average Bonchev–Trinajstić information content (AvgIpc) is 2.88. The summed E-state index contributed by atoms with van der Waals surface area (Å²) in [6, 6.07) is 16.5. The second kappa shape index (κ2) is 13.1. The van der Waals surface area contributed by atoms with E-state index in [1.165, 1.54) is 18.3 Å². The molecule has 10 heteroatoms. The third-order valence-corrected chi connectivity index (χ3v) is 5.14. The lowest BCUT2D eigenvalue weighted by atomic mass is 10.2. The van der Waals surface area contributed by atoms with Crippen LogP contribution in [0.15, 0.2) is 76.3 Å². The van der Waals surface area contributed by atoms with Crippen molar-refractivity contribution >= 4 is 39.9 Å². The number of hydrogen-bond acceptors (Lipinski definition) is 6. The number of carbonyl (C=O) groups excluding carboxylic acids is 3. The van der Waals surface area contributed by atoms with Crippen molar-refractivity contribution in [3.8, 4) is 11.5 Å². The van der Waals surface area contributed by atoms with E-state index in [4.69, 9.17) is 9.47 Å². The van der Waals surface area contributed by atoms with Crippen LogP contribution >= 0.6 is 15.9 Å². The minimum atomic E-state index is -0.583. The molecule has 2 amide bonds. The fraction of sp³-hybridized carbons (Fsp3) is 0.154. The quantitative estimate of drug-likeness (QED) is 0.166. The Labute approximate surface area is 215 Å². The highest BCUT2D eigenvalue weighted by atomic mass is 79.9. The lowest BCUT2D eigenvalue weighted by molar-refractivity contribution is -0.120. The van der Waals surface area contributed by atoms with Gasteiger partial charge in [-0.3, -0.25) is 9.59 Å². The SMILES string of the molecule is CCCOc1ccc(C(=O)Oc2ccc(Br)cc2/C=N\NC(=O)CNC(=O)c2ccc(F)cc2)cc1. The Kier molecular flexibility index (Phi) is 9.70. The summed E-state index contributed by atoms with van der Waals surface area (Å²) in [6.07, 6.45) is 2.19. The maximum absolute atomic E-state index is 13.0. The molecule has 3 aromatic carbocycles. The van der Waals surface area contributed by atoms with Crippen molar-refractivity contribution in [2.45, 2.75) is 13.3 Å². The standard InChI is InChI=1S/C26H23BrFN3O5/c1-2-13-35-22-10-5-18(6-11-22)26(34)36-23-12-7-20(27)14-19(23)15-30-31-24(32)16-29-25(33)17-3-8-21(28)9-4-17/h3-12,14-15H,2,13,16H2,1H3,(H,29,33)(H,31,32)/b30-15-. The van der Waals surface area contributed by atoms with E-state index in [9.17, 15) is 18.8 Å². The first-order chi connectivity index (χ1) is 17.4. The number of benzene rings is 3. The Bertz CT molecular complexity index is 1250.